The Morgan fingerprint density at radius 1 is 1.33 bits per heavy atom. The van der Waals surface area contributed by atoms with Crippen molar-refractivity contribution < 1.29 is 4.79 Å². The van der Waals surface area contributed by atoms with Gasteiger partial charge in [-0.1, -0.05) is 17.7 Å². The molecule has 18 heavy (non-hydrogen) atoms. The van der Waals surface area contributed by atoms with Crippen molar-refractivity contribution in [2.24, 2.45) is 0 Å². The van der Waals surface area contributed by atoms with Crippen LogP contribution in [0, 0.1) is 13.8 Å². The standard InChI is InChI=1S/C14H21N3O/c1-11-3-4-13(12(2)9-11)16-14(18)10-17-7-5-15-6-8-17/h3-4,9,15H,5-8,10H2,1-2H3,(H,16,18). The lowest BCUT2D eigenvalue weighted by Gasteiger charge is -2.26. The third kappa shape index (κ3) is 3.55. The number of hydrogen-bond donors (Lipinski definition) is 2. The Kier molecular flexibility index (Phi) is 4.33. The summed E-state index contributed by atoms with van der Waals surface area (Å²) in [6.07, 6.45) is 0. The maximum Gasteiger partial charge on any atom is 0.238 e. The molecule has 1 aromatic carbocycles. The minimum atomic E-state index is 0.0730. The Hall–Kier alpha value is -1.39. The van der Waals surface area contributed by atoms with E-state index in [0.717, 1.165) is 37.4 Å². The van der Waals surface area contributed by atoms with Gasteiger partial charge in [-0.15, -0.1) is 0 Å². The molecule has 1 aromatic rings. The number of amides is 1. The molecule has 0 aliphatic carbocycles. The Balaban J connectivity index is 1.90. The Morgan fingerprint density at radius 3 is 2.72 bits per heavy atom. The van der Waals surface area contributed by atoms with E-state index < -0.39 is 0 Å². The summed E-state index contributed by atoms with van der Waals surface area (Å²) in [7, 11) is 0. The van der Waals surface area contributed by atoms with Gasteiger partial charge in [-0.05, 0) is 25.5 Å². The van der Waals surface area contributed by atoms with Crippen molar-refractivity contribution >= 4 is 11.6 Å². The third-order valence-corrected chi connectivity index (χ3v) is 3.23. The highest BCUT2D eigenvalue weighted by molar-refractivity contribution is 5.93. The first-order valence-corrected chi connectivity index (χ1v) is 6.45. The fraction of sp³-hybridized carbons (Fsp3) is 0.500. The molecule has 0 bridgehead atoms. The van der Waals surface area contributed by atoms with Crippen LogP contribution >= 0.6 is 0 Å². The van der Waals surface area contributed by atoms with E-state index in [1.54, 1.807) is 0 Å². The zero-order chi connectivity index (χ0) is 13.0. The number of piperazine rings is 1. The molecule has 0 unspecified atom stereocenters. The maximum absolute atomic E-state index is 11.9. The molecular weight excluding hydrogens is 226 g/mol. The average molecular weight is 247 g/mol. The van der Waals surface area contributed by atoms with E-state index in [-0.39, 0.29) is 5.91 Å². The first-order valence-electron chi connectivity index (χ1n) is 6.45. The van der Waals surface area contributed by atoms with Crippen LogP contribution in [0.5, 0.6) is 0 Å². The lowest BCUT2D eigenvalue weighted by atomic mass is 10.1. The lowest BCUT2D eigenvalue weighted by molar-refractivity contribution is -0.117. The molecule has 0 spiro atoms. The quantitative estimate of drug-likeness (QED) is 0.842. The molecule has 1 saturated heterocycles. The van der Waals surface area contributed by atoms with Crippen molar-refractivity contribution in [1.29, 1.82) is 0 Å². The van der Waals surface area contributed by atoms with Gasteiger partial charge in [0.15, 0.2) is 0 Å². The van der Waals surface area contributed by atoms with Gasteiger partial charge in [-0.3, -0.25) is 9.69 Å². The number of anilines is 1. The van der Waals surface area contributed by atoms with Crippen LogP contribution in [0.2, 0.25) is 0 Å². The number of aryl methyl sites for hydroxylation is 2. The van der Waals surface area contributed by atoms with Gasteiger partial charge in [0.2, 0.25) is 5.91 Å². The summed E-state index contributed by atoms with van der Waals surface area (Å²) in [4.78, 5) is 14.1. The smallest absolute Gasteiger partial charge is 0.238 e. The van der Waals surface area contributed by atoms with E-state index >= 15 is 0 Å². The molecule has 98 valence electrons. The highest BCUT2D eigenvalue weighted by Crippen LogP contribution is 2.15. The van der Waals surface area contributed by atoms with E-state index in [9.17, 15) is 4.79 Å². The summed E-state index contributed by atoms with van der Waals surface area (Å²) in [5.41, 5.74) is 3.25. The van der Waals surface area contributed by atoms with Gasteiger partial charge in [0, 0.05) is 31.9 Å². The fourth-order valence-electron chi connectivity index (χ4n) is 2.22. The molecule has 4 nitrogen and oxygen atoms in total. The van der Waals surface area contributed by atoms with Crippen molar-refractivity contribution in [3.8, 4) is 0 Å². The largest absolute Gasteiger partial charge is 0.325 e. The predicted octanol–water partition coefficient (Wildman–Crippen LogP) is 1.15. The zero-order valence-electron chi connectivity index (χ0n) is 11.1. The summed E-state index contributed by atoms with van der Waals surface area (Å²) in [5.74, 6) is 0.0730. The maximum atomic E-state index is 11.9. The second-order valence-electron chi connectivity index (χ2n) is 4.89. The van der Waals surface area contributed by atoms with Crippen molar-refractivity contribution in [2.75, 3.05) is 38.0 Å². The molecule has 0 saturated carbocycles. The van der Waals surface area contributed by atoms with Crippen LogP contribution in [0.4, 0.5) is 5.69 Å². The predicted molar refractivity (Wildman–Crippen MR) is 73.9 cm³/mol. The van der Waals surface area contributed by atoms with Crippen LogP contribution in [0.3, 0.4) is 0 Å². The molecule has 1 aliphatic heterocycles. The number of carbonyl (C=O) groups is 1. The second-order valence-corrected chi connectivity index (χ2v) is 4.89. The number of hydrogen-bond acceptors (Lipinski definition) is 3. The molecule has 1 fully saturated rings. The zero-order valence-corrected chi connectivity index (χ0v) is 11.1. The summed E-state index contributed by atoms with van der Waals surface area (Å²) in [6, 6.07) is 6.08. The number of carbonyl (C=O) groups excluding carboxylic acids is 1. The minimum Gasteiger partial charge on any atom is -0.325 e. The Bertz CT molecular complexity index is 425. The molecule has 0 aromatic heterocycles. The summed E-state index contributed by atoms with van der Waals surface area (Å²) in [5, 5.41) is 6.26. The summed E-state index contributed by atoms with van der Waals surface area (Å²) < 4.78 is 0. The topological polar surface area (TPSA) is 44.4 Å². The number of benzene rings is 1. The summed E-state index contributed by atoms with van der Waals surface area (Å²) in [6.45, 7) is 8.38. The highest BCUT2D eigenvalue weighted by Gasteiger charge is 2.13. The van der Waals surface area contributed by atoms with E-state index in [1.807, 2.05) is 19.1 Å². The molecule has 2 rings (SSSR count). The molecule has 1 aliphatic rings. The van der Waals surface area contributed by atoms with Crippen LogP contribution in [0.1, 0.15) is 11.1 Å². The normalized spacial score (nSPS) is 16.6. The Morgan fingerprint density at radius 2 is 2.06 bits per heavy atom. The molecule has 4 heteroatoms. The van der Waals surface area contributed by atoms with E-state index in [1.165, 1.54) is 5.56 Å². The highest BCUT2D eigenvalue weighted by atomic mass is 16.2. The number of nitrogens with one attached hydrogen (secondary N) is 2. The van der Waals surface area contributed by atoms with E-state index in [2.05, 4.69) is 28.5 Å². The average Bonchev–Trinajstić information content (AvgIpc) is 2.34. The van der Waals surface area contributed by atoms with Gasteiger partial charge in [0.05, 0.1) is 6.54 Å². The van der Waals surface area contributed by atoms with Crippen LogP contribution < -0.4 is 10.6 Å². The lowest BCUT2D eigenvalue weighted by Crippen LogP contribution is -2.46. The molecule has 2 N–H and O–H groups in total. The first-order chi connectivity index (χ1) is 8.65. The molecule has 1 amide bonds. The van der Waals surface area contributed by atoms with Gasteiger partial charge in [0.1, 0.15) is 0 Å². The van der Waals surface area contributed by atoms with Crippen molar-refractivity contribution in [3.05, 3.63) is 29.3 Å². The van der Waals surface area contributed by atoms with Crippen molar-refractivity contribution in [1.82, 2.24) is 10.2 Å². The molecule has 0 radical (unpaired) electrons. The van der Waals surface area contributed by atoms with Crippen LogP contribution in [0.15, 0.2) is 18.2 Å². The number of nitrogens with zero attached hydrogens (tertiary/aromatic N) is 1. The number of rotatable bonds is 3. The SMILES string of the molecule is Cc1ccc(NC(=O)CN2CCNCC2)c(C)c1. The van der Waals surface area contributed by atoms with Gasteiger partial charge in [0.25, 0.3) is 0 Å². The van der Waals surface area contributed by atoms with E-state index in [0.29, 0.717) is 6.54 Å². The second kappa shape index (κ2) is 5.98. The molecule has 1 heterocycles. The third-order valence-electron chi connectivity index (χ3n) is 3.23. The van der Waals surface area contributed by atoms with Crippen molar-refractivity contribution in [3.63, 3.8) is 0 Å². The van der Waals surface area contributed by atoms with Gasteiger partial charge >= 0.3 is 0 Å². The molecule has 0 atom stereocenters. The Labute approximate surface area is 108 Å². The van der Waals surface area contributed by atoms with Crippen LogP contribution in [-0.2, 0) is 4.79 Å². The fourth-order valence-corrected chi connectivity index (χ4v) is 2.22. The van der Waals surface area contributed by atoms with Gasteiger partial charge in [-0.25, -0.2) is 0 Å². The van der Waals surface area contributed by atoms with Crippen molar-refractivity contribution in [2.45, 2.75) is 13.8 Å². The summed E-state index contributed by atoms with van der Waals surface area (Å²) >= 11 is 0. The van der Waals surface area contributed by atoms with E-state index in [4.69, 9.17) is 0 Å². The first kappa shape index (κ1) is 13.1. The van der Waals surface area contributed by atoms with Crippen LogP contribution in [0.25, 0.3) is 0 Å². The minimum absolute atomic E-state index is 0.0730. The van der Waals surface area contributed by atoms with Gasteiger partial charge < -0.3 is 10.6 Å². The monoisotopic (exact) mass is 247 g/mol. The van der Waals surface area contributed by atoms with Gasteiger partial charge in [-0.2, -0.15) is 0 Å². The van der Waals surface area contributed by atoms with Crippen LogP contribution in [-0.4, -0.2) is 43.5 Å². The molecular formula is C14H21N3O.